The third-order valence-corrected chi connectivity index (χ3v) is 16.5. The van der Waals surface area contributed by atoms with Gasteiger partial charge in [-0.2, -0.15) is 0 Å². The van der Waals surface area contributed by atoms with E-state index in [-0.39, 0.29) is 0 Å². The van der Waals surface area contributed by atoms with Gasteiger partial charge in [0.05, 0.1) is 0 Å². The molecule has 0 unspecified atom stereocenters. The fourth-order valence-corrected chi connectivity index (χ4v) is 10.6. The first kappa shape index (κ1) is 78.2. The Bertz CT molecular complexity index is 4800. The second-order valence-electron chi connectivity index (χ2n) is 23.3. The van der Waals surface area contributed by atoms with Crippen LogP contribution in [0.4, 0.5) is 0 Å². The first-order valence-corrected chi connectivity index (χ1v) is 30.8. The lowest BCUT2D eigenvalue weighted by molar-refractivity contribution is -0.373. The Labute approximate surface area is 613 Å². The van der Waals surface area contributed by atoms with Gasteiger partial charge in [-0.05, 0) is 97.1 Å². The van der Waals surface area contributed by atoms with Crippen molar-refractivity contribution in [1.82, 2.24) is 0 Å². The number of rotatable bonds is 20. The first-order chi connectivity index (χ1) is 52.3. The molecule has 2 saturated heterocycles. The monoisotopic (exact) mass is 1560 g/mol. The summed E-state index contributed by atoms with van der Waals surface area (Å²) in [6, 6.07) is 8.92. The maximum Gasteiger partial charge on any atom is 0.342 e. The average molecular weight is 1560 g/mol. The van der Waals surface area contributed by atoms with Crippen LogP contribution in [0.1, 0.15) is 82.9 Å². The summed E-state index contributed by atoms with van der Waals surface area (Å²) in [5.41, 5.74) is -9.49. The van der Waals surface area contributed by atoms with Crippen LogP contribution in [0.5, 0.6) is 138 Å². The molecule has 584 valence electrons. The van der Waals surface area contributed by atoms with Crippen LogP contribution in [0.2, 0.25) is 0 Å². The second kappa shape index (κ2) is 31.0. The van der Waals surface area contributed by atoms with Crippen molar-refractivity contribution in [3.8, 4) is 138 Å². The number of hydrogen-bond acceptors (Lipinski definition) is 43. The highest BCUT2D eigenvalue weighted by atomic mass is 16.8. The summed E-state index contributed by atoms with van der Waals surface area (Å²) >= 11 is 0. The Morgan fingerprint density at radius 2 is 0.378 bits per heavy atom. The summed E-state index contributed by atoms with van der Waals surface area (Å²) in [5.74, 6) is -48.5. The number of ether oxygens (including phenoxy) is 11. The van der Waals surface area contributed by atoms with Gasteiger partial charge in [-0.3, -0.25) is 0 Å². The molecule has 2 aliphatic rings. The number of hydrogen-bond donors (Lipinski definition) is 24. The van der Waals surface area contributed by atoms with E-state index < -0.39 is 305 Å². The number of esters is 8. The van der Waals surface area contributed by atoms with Gasteiger partial charge in [0.2, 0.25) is 58.6 Å². The summed E-state index contributed by atoms with van der Waals surface area (Å²) in [6.07, 6.45) is -29.9. The lowest BCUT2D eigenvalue weighted by Gasteiger charge is -2.48. The molecule has 0 bridgehead atoms. The zero-order valence-corrected chi connectivity index (χ0v) is 54.9. The van der Waals surface area contributed by atoms with Crippen LogP contribution in [-0.2, 0) is 52.1 Å². The quantitative estimate of drug-likeness (QED) is 0.0296. The van der Waals surface area contributed by atoms with Crippen LogP contribution in [-0.4, -0.2) is 245 Å². The van der Waals surface area contributed by atoms with Crippen molar-refractivity contribution in [2.75, 3.05) is 13.2 Å². The summed E-state index contributed by atoms with van der Waals surface area (Å²) in [6.45, 7) is -3.33. The Balaban J connectivity index is 1.24. The van der Waals surface area contributed by atoms with E-state index in [1.54, 1.807) is 0 Å². The third kappa shape index (κ3) is 15.3. The van der Waals surface area contributed by atoms with Gasteiger partial charge in [0.15, 0.2) is 129 Å². The van der Waals surface area contributed by atoms with E-state index in [1.165, 1.54) is 0 Å². The summed E-state index contributed by atoms with van der Waals surface area (Å²) in [7, 11) is 0. The predicted octanol–water partition coefficient (Wildman–Crippen LogP) is 2.45. The van der Waals surface area contributed by atoms with E-state index in [0.29, 0.717) is 97.1 Å². The molecule has 2 fully saturated rings. The maximum absolute atomic E-state index is 14.9. The zero-order chi connectivity index (χ0) is 81.4. The van der Waals surface area contributed by atoms with Crippen LogP contribution < -0.4 is 0 Å². The van der Waals surface area contributed by atoms with Gasteiger partial charge >= 0.3 is 47.8 Å². The number of aromatic hydroxyl groups is 24. The largest absolute Gasteiger partial charge is 0.504 e. The standard InChI is InChI=1S/C68H54O43/c69-27-9-1-19(37(77)45(27)85)59(93)101-17-35-53(105-61(95)21-3-11-29(71)47(87)39(21)79)55(107-63(97)23-5-13-31(73)49(89)41(23)81)57(109-65(99)25-7-15-33(75)51(91)43(25)83)67(103-35)111-68-58(110-66(100)26-8-16-34(76)52(92)44(26)84)56(108-64(98)24-6-14-32(74)50(90)42(24)82)54(106-62(96)22-4-12-30(72)48(88)40(22)80)36(104-68)18-102-60(94)20-2-10-28(70)46(86)38(20)78/h1-16,35-36,53-58,67-92H,17-18H2/t35-,36-,53-,54-,55+,56+,57-,58+,67-,68-/m1/s1. The Kier molecular flexibility index (Phi) is 21.8. The average Bonchev–Trinajstić information content (AvgIpc) is 0.755. The molecule has 43 nitrogen and oxygen atoms in total. The van der Waals surface area contributed by atoms with Gasteiger partial charge in [0.1, 0.15) is 69.9 Å². The minimum absolute atomic E-state index is 0.508. The third-order valence-electron chi connectivity index (χ3n) is 16.5. The highest BCUT2D eigenvalue weighted by molar-refractivity contribution is 5.99. The van der Waals surface area contributed by atoms with Gasteiger partial charge in [-0.15, -0.1) is 0 Å². The minimum atomic E-state index is -3.18. The minimum Gasteiger partial charge on any atom is -0.504 e. The van der Waals surface area contributed by atoms with Crippen molar-refractivity contribution in [3.05, 3.63) is 142 Å². The summed E-state index contributed by atoms with van der Waals surface area (Å²) in [4.78, 5) is 117. The Morgan fingerprint density at radius 3 is 0.568 bits per heavy atom. The fourth-order valence-electron chi connectivity index (χ4n) is 10.6. The van der Waals surface area contributed by atoms with Crippen molar-refractivity contribution >= 4 is 47.8 Å². The summed E-state index contributed by atoms with van der Waals surface area (Å²) in [5, 5.41) is 255. The highest BCUT2D eigenvalue weighted by Gasteiger charge is 2.60. The van der Waals surface area contributed by atoms with Gasteiger partial charge in [-0.1, -0.05) is 0 Å². The molecular weight excluding hydrogens is 1500 g/mol. The van der Waals surface area contributed by atoms with E-state index in [1.807, 2.05) is 0 Å². The number of carbonyl (C=O) groups is 8. The molecular formula is C68H54O43. The van der Waals surface area contributed by atoms with Crippen molar-refractivity contribution in [3.63, 3.8) is 0 Å². The Hall–Kier alpha value is -15.4. The molecule has 0 saturated carbocycles. The van der Waals surface area contributed by atoms with Crippen molar-refractivity contribution < 1.29 is 213 Å². The van der Waals surface area contributed by atoms with Crippen LogP contribution in [0.15, 0.2) is 97.1 Å². The number of phenolic OH excluding ortho intramolecular Hbond substituents is 24. The van der Waals surface area contributed by atoms with E-state index >= 15 is 0 Å². The number of carbonyl (C=O) groups excluding carboxylic acids is 8. The van der Waals surface area contributed by atoms with Gasteiger partial charge < -0.3 is 175 Å². The molecule has 8 aromatic rings. The lowest BCUT2D eigenvalue weighted by Crippen LogP contribution is -2.67. The molecule has 2 heterocycles. The Morgan fingerprint density at radius 1 is 0.216 bits per heavy atom. The first-order valence-electron chi connectivity index (χ1n) is 30.8. The molecule has 0 amide bonds. The van der Waals surface area contributed by atoms with Crippen LogP contribution >= 0.6 is 0 Å². The second-order valence-corrected chi connectivity index (χ2v) is 23.3. The molecule has 10 atom stereocenters. The van der Waals surface area contributed by atoms with Gasteiger partial charge in [0, 0.05) is 0 Å². The van der Waals surface area contributed by atoms with Crippen molar-refractivity contribution in [1.29, 1.82) is 0 Å². The van der Waals surface area contributed by atoms with Crippen LogP contribution in [0.25, 0.3) is 0 Å². The molecule has 0 aromatic heterocycles. The van der Waals surface area contributed by atoms with E-state index in [2.05, 4.69) is 0 Å². The number of phenols is 24. The molecule has 10 rings (SSSR count). The molecule has 43 heteroatoms. The van der Waals surface area contributed by atoms with Crippen LogP contribution in [0, 0.1) is 0 Å². The molecule has 0 aliphatic carbocycles. The normalized spacial score (nSPS) is 19.3. The molecule has 0 spiro atoms. The topological polar surface area (TPSA) is 724 Å². The molecule has 111 heavy (non-hydrogen) atoms. The van der Waals surface area contributed by atoms with Gasteiger partial charge in [-0.25, -0.2) is 38.4 Å². The maximum atomic E-state index is 14.9. The lowest BCUT2D eigenvalue weighted by atomic mass is 9.96. The van der Waals surface area contributed by atoms with Gasteiger partial charge in [0.25, 0.3) is 0 Å². The SMILES string of the molecule is O=C(OC[C@H]1O[C@H](O[C@H]2O[C@H](COC(=O)c3ccc(O)c(O)c3O)[C@@H](OC(=O)c3ccc(O)c(O)c3O)[C@H](OC(=O)c3ccc(O)c(O)c3O)[C@H]2OC(=O)c2ccc(O)c(O)c2O)[C@@H](OC(=O)c2ccc(O)c(O)c2O)[C@@H](OC(=O)c2ccc(O)c(O)c2O)[C@@H]1OC(=O)c1ccc(O)c(O)c1O)c1ccc(O)c(O)c1O. The van der Waals surface area contributed by atoms with E-state index in [9.17, 15) is 161 Å². The van der Waals surface area contributed by atoms with Crippen molar-refractivity contribution in [2.24, 2.45) is 0 Å². The molecule has 0 radical (unpaired) electrons. The van der Waals surface area contributed by atoms with Crippen molar-refractivity contribution in [2.45, 2.75) is 61.4 Å². The zero-order valence-electron chi connectivity index (χ0n) is 54.9. The molecule has 2 aliphatic heterocycles. The highest BCUT2D eigenvalue weighted by Crippen LogP contribution is 2.48. The van der Waals surface area contributed by atoms with E-state index in [4.69, 9.17) is 52.1 Å². The summed E-state index contributed by atoms with van der Waals surface area (Å²) < 4.78 is 64.3. The smallest absolute Gasteiger partial charge is 0.342 e. The fraction of sp³-hybridized carbons (Fsp3) is 0.176. The predicted molar refractivity (Wildman–Crippen MR) is 346 cm³/mol. The van der Waals surface area contributed by atoms with Crippen LogP contribution in [0.3, 0.4) is 0 Å². The number of benzene rings is 8. The molecule has 8 aromatic carbocycles. The van der Waals surface area contributed by atoms with E-state index in [0.717, 1.165) is 0 Å². The molecule has 24 N–H and O–H groups in total.